The zero-order valence-corrected chi connectivity index (χ0v) is 10.6. The molecule has 0 saturated carbocycles. The molecule has 0 saturated heterocycles. The van der Waals surface area contributed by atoms with Crippen LogP contribution in [-0.4, -0.2) is 23.6 Å². The van der Waals surface area contributed by atoms with E-state index in [0.29, 0.717) is 5.76 Å². The van der Waals surface area contributed by atoms with Crippen LogP contribution in [0.3, 0.4) is 0 Å². The normalized spacial score (nSPS) is 10.1. The Morgan fingerprint density at radius 3 is 2.85 bits per heavy atom. The van der Waals surface area contributed by atoms with Crippen LogP contribution in [0.4, 0.5) is 10.2 Å². The number of hydrogen-bond acceptors (Lipinski definition) is 5. The fraction of sp³-hybridized carbons (Fsp3) is 0.154. The van der Waals surface area contributed by atoms with Crippen LogP contribution in [-0.2, 0) is 9.53 Å². The second-order valence-corrected chi connectivity index (χ2v) is 3.96. The molecule has 0 atom stereocenters. The maximum absolute atomic E-state index is 12.9. The van der Waals surface area contributed by atoms with Crippen molar-refractivity contribution < 1.29 is 23.2 Å². The van der Waals surface area contributed by atoms with Crippen molar-refractivity contribution in [2.24, 2.45) is 0 Å². The van der Waals surface area contributed by atoms with E-state index in [2.05, 4.69) is 10.5 Å². The summed E-state index contributed by atoms with van der Waals surface area (Å²) in [5.41, 5.74) is 0.0371. The predicted octanol–water partition coefficient (Wildman–Crippen LogP) is 1.92. The summed E-state index contributed by atoms with van der Waals surface area (Å²) in [5.74, 6) is -1.13. The molecule has 20 heavy (non-hydrogen) atoms. The Morgan fingerprint density at radius 1 is 1.40 bits per heavy atom. The molecular formula is C13H11FN2O4. The van der Waals surface area contributed by atoms with Crippen molar-refractivity contribution in [3.8, 4) is 0 Å². The number of ether oxygens (including phenoxy) is 1. The van der Waals surface area contributed by atoms with Crippen LogP contribution in [0.15, 0.2) is 34.9 Å². The van der Waals surface area contributed by atoms with Gasteiger partial charge in [-0.15, -0.1) is 0 Å². The van der Waals surface area contributed by atoms with E-state index in [0.717, 1.165) is 6.07 Å². The molecule has 6 nitrogen and oxygen atoms in total. The number of carbonyl (C=O) groups is 2. The van der Waals surface area contributed by atoms with Crippen LogP contribution in [0.2, 0.25) is 0 Å². The minimum atomic E-state index is -0.781. The second kappa shape index (κ2) is 5.96. The van der Waals surface area contributed by atoms with Gasteiger partial charge in [0.25, 0.3) is 5.91 Å². The minimum Gasteiger partial charge on any atom is -0.452 e. The molecule has 0 aliphatic carbocycles. The quantitative estimate of drug-likeness (QED) is 0.864. The van der Waals surface area contributed by atoms with Crippen LogP contribution in [0.25, 0.3) is 0 Å². The average molecular weight is 278 g/mol. The first kappa shape index (κ1) is 13.7. The van der Waals surface area contributed by atoms with E-state index >= 15 is 0 Å². The van der Waals surface area contributed by atoms with E-state index in [4.69, 9.17) is 9.26 Å². The molecule has 7 heteroatoms. The average Bonchev–Trinajstić information content (AvgIpc) is 2.81. The number of aryl methyl sites for hydroxylation is 1. The summed E-state index contributed by atoms with van der Waals surface area (Å²) in [6, 6.07) is 6.53. The Hall–Kier alpha value is -2.70. The summed E-state index contributed by atoms with van der Waals surface area (Å²) < 4.78 is 22.4. The number of amides is 1. The number of nitrogens with zero attached hydrogens (tertiary/aromatic N) is 1. The lowest BCUT2D eigenvalue weighted by Gasteiger charge is -2.04. The third kappa shape index (κ3) is 3.64. The number of hydrogen-bond donors (Lipinski definition) is 1. The Kier molecular flexibility index (Phi) is 4.09. The van der Waals surface area contributed by atoms with E-state index in [-0.39, 0.29) is 11.4 Å². The van der Waals surface area contributed by atoms with Gasteiger partial charge in [-0.05, 0) is 25.1 Å². The number of esters is 1. The van der Waals surface area contributed by atoms with Gasteiger partial charge < -0.3 is 14.6 Å². The summed E-state index contributed by atoms with van der Waals surface area (Å²) >= 11 is 0. The van der Waals surface area contributed by atoms with Crippen molar-refractivity contribution in [1.29, 1.82) is 0 Å². The fourth-order valence-corrected chi connectivity index (χ4v) is 1.43. The van der Waals surface area contributed by atoms with Gasteiger partial charge in [0.2, 0.25) is 0 Å². The second-order valence-electron chi connectivity index (χ2n) is 3.96. The molecular weight excluding hydrogens is 267 g/mol. The number of anilines is 1. The number of benzene rings is 1. The van der Waals surface area contributed by atoms with Gasteiger partial charge in [0.15, 0.2) is 12.4 Å². The first-order chi connectivity index (χ1) is 9.54. The molecule has 2 aromatic rings. The van der Waals surface area contributed by atoms with E-state index < -0.39 is 24.3 Å². The molecule has 0 unspecified atom stereocenters. The van der Waals surface area contributed by atoms with Gasteiger partial charge >= 0.3 is 5.97 Å². The molecule has 0 fully saturated rings. The van der Waals surface area contributed by atoms with E-state index in [1.165, 1.54) is 24.3 Å². The highest BCUT2D eigenvalue weighted by Gasteiger charge is 2.12. The van der Waals surface area contributed by atoms with Crippen LogP contribution in [0.1, 0.15) is 16.1 Å². The molecule has 104 valence electrons. The number of aromatic nitrogens is 1. The lowest BCUT2D eigenvalue weighted by atomic mass is 10.2. The Bertz CT molecular complexity index is 639. The molecule has 0 radical (unpaired) electrons. The number of halogens is 1. The molecule has 0 aliphatic heterocycles. The van der Waals surface area contributed by atoms with Crippen molar-refractivity contribution in [3.05, 3.63) is 47.5 Å². The van der Waals surface area contributed by atoms with Gasteiger partial charge in [0.05, 0.1) is 5.56 Å². The highest BCUT2D eigenvalue weighted by Crippen LogP contribution is 2.07. The molecule has 1 N–H and O–H groups in total. The first-order valence-electron chi connectivity index (χ1n) is 5.70. The maximum Gasteiger partial charge on any atom is 0.338 e. The third-order valence-corrected chi connectivity index (χ3v) is 2.29. The van der Waals surface area contributed by atoms with Gasteiger partial charge in [-0.1, -0.05) is 11.2 Å². The van der Waals surface area contributed by atoms with Crippen LogP contribution in [0.5, 0.6) is 0 Å². The number of nitrogens with one attached hydrogen (secondary N) is 1. The van der Waals surface area contributed by atoms with Gasteiger partial charge in [-0.2, -0.15) is 0 Å². The summed E-state index contributed by atoms with van der Waals surface area (Å²) in [7, 11) is 0. The van der Waals surface area contributed by atoms with E-state index in [9.17, 15) is 14.0 Å². The molecule has 2 rings (SSSR count). The van der Waals surface area contributed by atoms with Crippen molar-refractivity contribution in [3.63, 3.8) is 0 Å². The van der Waals surface area contributed by atoms with Crippen LogP contribution in [0, 0.1) is 12.7 Å². The van der Waals surface area contributed by atoms with Crippen LogP contribution < -0.4 is 5.32 Å². The standard InChI is InChI=1S/C13H11FN2O4/c1-8-5-11(16-20-8)15-12(17)7-19-13(18)9-3-2-4-10(14)6-9/h2-6H,7H2,1H3,(H,15,16,17). The van der Waals surface area contributed by atoms with Crippen molar-refractivity contribution in [1.82, 2.24) is 5.16 Å². The third-order valence-electron chi connectivity index (χ3n) is 2.29. The van der Waals surface area contributed by atoms with E-state index in [1.807, 2.05) is 0 Å². The van der Waals surface area contributed by atoms with Crippen molar-refractivity contribution in [2.75, 3.05) is 11.9 Å². The zero-order chi connectivity index (χ0) is 14.5. The monoisotopic (exact) mass is 278 g/mol. The highest BCUT2D eigenvalue weighted by molar-refractivity contribution is 5.94. The van der Waals surface area contributed by atoms with E-state index in [1.54, 1.807) is 6.92 Å². The van der Waals surface area contributed by atoms with Gasteiger partial charge in [-0.25, -0.2) is 9.18 Å². The molecule has 0 spiro atoms. The molecule has 0 aliphatic rings. The lowest BCUT2D eigenvalue weighted by Crippen LogP contribution is -2.21. The highest BCUT2D eigenvalue weighted by atomic mass is 19.1. The van der Waals surface area contributed by atoms with Gasteiger partial charge in [-0.3, -0.25) is 4.79 Å². The van der Waals surface area contributed by atoms with Crippen LogP contribution >= 0.6 is 0 Å². The fourth-order valence-electron chi connectivity index (χ4n) is 1.43. The molecule has 1 heterocycles. The topological polar surface area (TPSA) is 81.4 Å². The van der Waals surface area contributed by atoms with Gasteiger partial charge in [0.1, 0.15) is 11.6 Å². The maximum atomic E-state index is 12.9. The summed E-state index contributed by atoms with van der Waals surface area (Å²) in [4.78, 5) is 23.0. The summed E-state index contributed by atoms with van der Waals surface area (Å²) in [6.45, 7) is 1.17. The smallest absolute Gasteiger partial charge is 0.338 e. The van der Waals surface area contributed by atoms with Crippen molar-refractivity contribution >= 4 is 17.7 Å². The summed E-state index contributed by atoms with van der Waals surface area (Å²) in [5, 5.41) is 5.94. The SMILES string of the molecule is Cc1cc(NC(=O)COC(=O)c2cccc(F)c2)no1. The largest absolute Gasteiger partial charge is 0.452 e. The number of carbonyl (C=O) groups excluding carboxylic acids is 2. The number of rotatable bonds is 4. The Labute approximate surface area is 113 Å². The first-order valence-corrected chi connectivity index (χ1v) is 5.70. The Balaban J connectivity index is 1.85. The molecule has 1 amide bonds. The minimum absolute atomic E-state index is 0.0371. The molecule has 1 aromatic carbocycles. The lowest BCUT2D eigenvalue weighted by molar-refractivity contribution is -0.119. The predicted molar refractivity (Wildman–Crippen MR) is 66.6 cm³/mol. The Morgan fingerprint density at radius 2 is 2.20 bits per heavy atom. The molecule has 0 bridgehead atoms. The molecule has 1 aromatic heterocycles. The van der Waals surface area contributed by atoms with Crippen molar-refractivity contribution in [2.45, 2.75) is 6.92 Å². The zero-order valence-electron chi connectivity index (χ0n) is 10.6. The van der Waals surface area contributed by atoms with Gasteiger partial charge in [0, 0.05) is 6.07 Å². The summed E-state index contributed by atoms with van der Waals surface area (Å²) in [6.07, 6.45) is 0.